The van der Waals surface area contributed by atoms with Gasteiger partial charge in [0.1, 0.15) is 17.9 Å². The Kier molecular flexibility index (Phi) is 4.53. The van der Waals surface area contributed by atoms with Crippen LogP contribution in [-0.2, 0) is 6.54 Å². The Morgan fingerprint density at radius 3 is 2.74 bits per heavy atom. The van der Waals surface area contributed by atoms with E-state index in [-0.39, 0.29) is 5.91 Å². The molecule has 0 saturated heterocycles. The van der Waals surface area contributed by atoms with Gasteiger partial charge in [0.25, 0.3) is 5.91 Å². The van der Waals surface area contributed by atoms with Crippen molar-refractivity contribution in [2.45, 2.75) is 6.54 Å². The summed E-state index contributed by atoms with van der Waals surface area (Å²) in [6.45, 7) is 0.406. The number of hydrogen-bond donors (Lipinski definition) is 1. The number of hydrogen-bond acceptors (Lipinski definition) is 4. The van der Waals surface area contributed by atoms with Gasteiger partial charge in [0.05, 0.1) is 7.11 Å². The Hall–Kier alpha value is -3.67. The maximum Gasteiger partial charge on any atom is 0.252 e. The van der Waals surface area contributed by atoms with E-state index in [1.807, 2.05) is 53.2 Å². The average Bonchev–Trinajstić information content (AvgIpc) is 3.26. The number of amides is 1. The number of nitrogens with zero attached hydrogens (tertiary/aromatic N) is 3. The summed E-state index contributed by atoms with van der Waals surface area (Å²) < 4.78 is 7.22. The minimum absolute atomic E-state index is 0.130. The van der Waals surface area contributed by atoms with Gasteiger partial charge in [-0.05, 0) is 35.2 Å². The first kappa shape index (κ1) is 16.8. The monoisotopic (exact) mass is 358 g/mol. The number of nitrogens with one attached hydrogen (secondary N) is 1. The molecule has 0 radical (unpaired) electrons. The highest BCUT2D eigenvalue weighted by Gasteiger charge is 2.12. The fourth-order valence-corrected chi connectivity index (χ4v) is 3.03. The summed E-state index contributed by atoms with van der Waals surface area (Å²) in [7, 11) is 1.63. The van der Waals surface area contributed by atoms with Crippen LogP contribution >= 0.6 is 0 Å². The number of pyridine rings is 1. The Morgan fingerprint density at radius 2 is 1.96 bits per heavy atom. The molecule has 1 N–H and O–H groups in total. The second kappa shape index (κ2) is 7.29. The summed E-state index contributed by atoms with van der Waals surface area (Å²) >= 11 is 0. The Morgan fingerprint density at radius 1 is 1.11 bits per heavy atom. The fourth-order valence-electron chi connectivity index (χ4n) is 3.03. The summed E-state index contributed by atoms with van der Waals surface area (Å²) in [5.74, 6) is 1.38. The van der Waals surface area contributed by atoms with E-state index in [0.29, 0.717) is 12.1 Å². The molecular formula is C21H18N4O2. The van der Waals surface area contributed by atoms with Crippen LogP contribution in [0.15, 0.2) is 73.4 Å². The molecule has 0 aliphatic rings. The maximum atomic E-state index is 12.8. The van der Waals surface area contributed by atoms with Gasteiger partial charge in [-0.25, -0.2) is 9.97 Å². The number of carbonyl (C=O) groups excluding carboxylic acids is 1. The quantitative estimate of drug-likeness (QED) is 0.594. The van der Waals surface area contributed by atoms with E-state index in [1.54, 1.807) is 31.9 Å². The van der Waals surface area contributed by atoms with Crippen LogP contribution in [0.3, 0.4) is 0 Å². The molecule has 0 aliphatic heterocycles. The van der Waals surface area contributed by atoms with Gasteiger partial charge in [-0.2, -0.15) is 0 Å². The van der Waals surface area contributed by atoms with Crippen LogP contribution in [-0.4, -0.2) is 27.6 Å². The highest BCUT2D eigenvalue weighted by molar-refractivity contribution is 6.08. The molecule has 2 aromatic carbocycles. The van der Waals surface area contributed by atoms with Crippen LogP contribution in [0.4, 0.5) is 0 Å². The Labute approximate surface area is 156 Å². The van der Waals surface area contributed by atoms with Gasteiger partial charge in [-0.3, -0.25) is 9.36 Å². The number of carbonyl (C=O) groups is 1. The van der Waals surface area contributed by atoms with Crippen molar-refractivity contribution in [2.75, 3.05) is 7.11 Å². The first-order valence-electron chi connectivity index (χ1n) is 8.53. The molecule has 6 nitrogen and oxygen atoms in total. The summed E-state index contributed by atoms with van der Waals surface area (Å²) in [6, 6.07) is 15.1. The summed E-state index contributed by atoms with van der Waals surface area (Å²) in [6.07, 6.45) is 6.94. The lowest BCUT2D eigenvalue weighted by Crippen LogP contribution is -2.23. The van der Waals surface area contributed by atoms with Gasteiger partial charge < -0.3 is 10.1 Å². The van der Waals surface area contributed by atoms with E-state index < -0.39 is 0 Å². The van der Waals surface area contributed by atoms with E-state index in [9.17, 15) is 4.79 Å². The zero-order valence-corrected chi connectivity index (χ0v) is 14.8. The second-order valence-electron chi connectivity index (χ2n) is 6.04. The zero-order valence-electron chi connectivity index (χ0n) is 14.8. The molecule has 134 valence electrons. The first-order valence-corrected chi connectivity index (χ1v) is 8.53. The number of methoxy groups -OCH3 is 1. The third-order valence-electron chi connectivity index (χ3n) is 4.38. The average molecular weight is 358 g/mol. The van der Waals surface area contributed by atoms with Crippen LogP contribution in [0.25, 0.3) is 16.6 Å². The van der Waals surface area contributed by atoms with Crippen molar-refractivity contribution in [1.82, 2.24) is 19.9 Å². The highest BCUT2D eigenvalue weighted by Crippen LogP contribution is 2.28. The molecule has 4 aromatic rings. The van der Waals surface area contributed by atoms with Crippen LogP contribution in [0, 0.1) is 0 Å². The molecule has 27 heavy (non-hydrogen) atoms. The molecule has 0 fully saturated rings. The first-order chi connectivity index (χ1) is 13.3. The lowest BCUT2D eigenvalue weighted by molar-refractivity contribution is 0.0952. The van der Waals surface area contributed by atoms with Gasteiger partial charge in [0.2, 0.25) is 0 Å². The van der Waals surface area contributed by atoms with Gasteiger partial charge in [-0.1, -0.05) is 24.3 Å². The van der Waals surface area contributed by atoms with E-state index in [4.69, 9.17) is 4.74 Å². The van der Waals surface area contributed by atoms with E-state index >= 15 is 0 Å². The molecular weight excluding hydrogens is 340 g/mol. The number of benzene rings is 2. The Bertz CT molecular complexity index is 1090. The number of fused-ring (bicyclic) bond motifs is 1. The fraction of sp³-hybridized carbons (Fsp3) is 0.0952. The molecule has 6 heteroatoms. The molecule has 1 amide bonds. The smallest absolute Gasteiger partial charge is 0.252 e. The lowest BCUT2D eigenvalue weighted by Gasteiger charge is -2.11. The van der Waals surface area contributed by atoms with Crippen LogP contribution in [0.5, 0.6) is 5.75 Å². The second-order valence-corrected chi connectivity index (χ2v) is 6.04. The van der Waals surface area contributed by atoms with Crippen molar-refractivity contribution in [3.8, 4) is 11.6 Å². The van der Waals surface area contributed by atoms with Crippen molar-refractivity contribution in [1.29, 1.82) is 0 Å². The van der Waals surface area contributed by atoms with E-state index in [2.05, 4.69) is 15.3 Å². The third-order valence-corrected chi connectivity index (χ3v) is 4.38. The Balaban J connectivity index is 1.56. The molecule has 0 unspecified atom stereocenters. The number of imidazole rings is 1. The van der Waals surface area contributed by atoms with Crippen LogP contribution < -0.4 is 10.1 Å². The number of rotatable bonds is 5. The molecule has 0 atom stereocenters. The molecule has 0 spiro atoms. The summed E-state index contributed by atoms with van der Waals surface area (Å²) in [4.78, 5) is 21.1. The lowest BCUT2D eigenvalue weighted by atomic mass is 10.0. The van der Waals surface area contributed by atoms with Crippen molar-refractivity contribution in [3.05, 3.63) is 84.6 Å². The molecule has 4 rings (SSSR count). The normalized spacial score (nSPS) is 10.7. The van der Waals surface area contributed by atoms with Gasteiger partial charge in [0, 0.05) is 36.1 Å². The zero-order chi connectivity index (χ0) is 18.6. The van der Waals surface area contributed by atoms with Crippen LogP contribution in [0.1, 0.15) is 15.9 Å². The SMILES string of the molecule is COc1ccc(C(=O)NCc2ccnc(-n3ccnc3)c2)c2ccccc12. The predicted molar refractivity (Wildman–Crippen MR) is 103 cm³/mol. The number of ether oxygens (including phenoxy) is 1. The molecule has 2 heterocycles. The highest BCUT2D eigenvalue weighted by atomic mass is 16.5. The van der Waals surface area contributed by atoms with Crippen molar-refractivity contribution in [3.63, 3.8) is 0 Å². The van der Waals surface area contributed by atoms with Gasteiger partial charge in [0.15, 0.2) is 0 Å². The molecule has 0 aliphatic carbocycles. The van der Waals surface area contributed by atoms with E-state index in [0.717, 1.165) is 27.9 Å². The van der Waals surface area contributed by atoms with Crippen molar-refractivity contribution < 1.29 is 9.53 Å². The summed E-state index contributed by atoms with van der Waals surface area (Å²) in [5, 5.41) is 4.76. The minimum atomic E-state index is -0.130. The largest absolute Gasteiger partial charge is 0.496 e. The predicted octanol–water partition coefficient (Wildman–Crippen LogP) is 3.36. The summed E-state index contributed by atoms with van der Waals surface area (Å²) in [5.41, 5.74) is 1.58. The minimum Gasteiger partial charge on any atom is -0.496 e. The van der Waals surface area contributed by atoms with E-state index in [1.165, 1.54) is 0 Å². The third kappa shape index (κ3) is 3.37. The van der Waals surface area contributed by atoms with Gasteiger partial charge >= 0.3 is 0 Å². The number of aromatic nitrogens is 3. The maximum absolute atomic E-state index is 12.8. The van der Waals surface area contributed by atoms with Crippen LogP contribution in [0.2, 0.25) is 0 Å². The molecule has 0 saturated carbocycles. The molecule has 2 aromatic heterocycles. The molecule has 0 bridgehead atoms. The standard InChI is InChI=1S/C21H18N4O2/c1-27-19-7-6-18(16-4-2-3-5-17(16)19)21(26)24-13-15-8-9-23-20(12-15)25-11-10-22-14-25/h2-12,14H,13H2,1H3,(H,24,26). The van der Waals surface area contributed by atoms with Gasteiger partial charge in [-0.15, -0.1) is 0 Å². The topological polar surface area (TPSA) is 69.0 Å². The van der Waals surface area contributed by atoms with Crippen molar-refractivity contribution in [2.24, 2.45) is 0 Å². The van der Waals surface area contributed by atoms with Crippen molar-refractivity contribution >= 4 is 16.7 Å².